The van der Waals surface area contributed by atoms with Crippen molar-refractivity contribution >= 4 is 11.5 Å². The van der Waals surface area contributed by atoms with Crippen LogP contribution in [0.15, 0.2) is 41.6 Å². The molecule has 0 aliphatic heterocycles. The van der Waals surface area contributed by atoms with Crippen LogP contribution < -0.4 is 11.1 Å². The third-order valence-electron chi connectivity index (χ3n) is 3.11. The summed E-state index contributed by atoms with van der Waals surface area (Å²) in [5, 5.41) is 14.6. The molecule has 2 aromatic rings. The Morgan fingerprint density at radius 2 is 2.00 bits per heavy atom. The van der Waals surface area contributed by atoms with Gasteiger partial charge in [-0.2, -0.15) is 0 Å². The Kier molecular flexibility index (Phi) is 4.37. The van der Waals surface area contributed by atoms with Crippen LogP contribution in [0, 0.1) is 18.6 Å². The van der Waals surface area contributed by atoms with Crippen molar-refractivity contribution in [3.63, 3.8) is 0 Å². The SMILES string of the molecule is Cc1ccc(NCc2ccc(F)cc2C(N)=NO)cc1F. The highest BCUT2D eigenvalue weighted by molar-refractivity contribution is 5.98. The van der Waals surface area contributed by atoms with Crippen LogP contribution >= 0.6 is 0 Å². The summed E-state index contributed by atoms with van der Waals surface area (Å²) in [6.45, 7) is 1.96. The molecule has 0 atom stereocenters. The van der Waals surface area contributed by atoms with Gasteiger partial charge < -0.3 is 16.3 Å². The molecule has 4 nitrogen and oxygen atoms in total. The average molecular weight is 291 g/mol. The van der Waals surface area contributed by atoms with E-state index in [-0.39, 0.29) is 23.8 Å². The lowest BCUT2D eigenvalue weighted by molar-refractivity contribution is 0.318. The van der Waals surface area contributed by atoms with Gasteiger partial charge in [-0.1, -0.05) is 17.3 Å². The normalized spacial score (nSPS) is 11.5. The van der Waals surface area contributed by atoms with Gasteiger partial charge in [0, 0.05) is 17.8 Å². The molecule has 0 saturated heterocycles. The number of benzene rings is 2. The van der Waals surface area contributed by atoms with Gasteiger partial charge in [0.1, 0.15) is 11.6 Å². The summed E-state index contributed by atoms with van der Waals surface area (Å²) in [4.78, 5) is 0. The van der Waals surface area contributed by atoms with E-state index in [4.69, 9.17) is 10.9 Å². The van der Waals surface area contributed by atoms with Crippen molar-refractivity contribution in [1.29, 1.82) is 0 Å². The predicted molar refractivity (Wildman–Crippen MR) is 77.4 cm³/mol. The first-order chi connectivity index (χ1) is 10.0. The van der Waals surface area contributed by atoms with Crippen LogP contribution in [0.3, 0.4) is 0 Å². The monoisotopic (exact) mass is 291 g/mol. The van der Waals surface area contributed by atoms with Crippen molar-refractivity contribution < 1.29 is 14.0 Å². The molecule has 0 bridgehead atoms. The molecular formula is C15H15F2N3O. The first kappa shape index (κ1) is 14.8. The van der Waals surface area contributed by atoms with Gasteiger partial charge in [0.2, 0.25) is 0 Å². The summed E-state index contributed by atoms with van der Waals surface area (Å²) in [6.07, 6.45) is 0. The highest BCUT2D eigenvalue weighted by Gasteiger charge is 2.09. The molecule has 0 unspecified atom stereocenters. The van der Waals surface area contributed by atoms with Crippen LogP contribution in [-0.4, -0.2) is 11.0 Å². The Bertz CT molecular complexity index is 687. The van der Waals surface area contributed by atoms with Gasteiger partial charge >= 0.3 is 0 Å². The summed E-state index contributed by atoms with van der Waals surface area (Å²) < 4.78 is 26.7. The number of anilines is 1. The molecule has 0 radical (unpaired) electrons. The van der Waals surface area contributed by atoms with E-state index >= 15 is 0 Å². The lowest BCUT2D eigenvalue weighted by Crippen LogP contribution is -2.17. The van der Waals surface area contributed by atoms with Crippen LogP contribution in [0.5, 0.6) is 0 Å². The second kappa shape index (κ2) is 6.21. The highest BCUT2D eigenvalue weighted by Crippen LogP contribution is 2.17. The van der Waals surface area contributed by atoms with Crippen molar-refractivity contribution in [2.45, 2.75) is 13.5 Å². The van der Waals surface area contributed by atoms with Gasteiger partial charge in [0.05, 0.1) is 0 Å². The number of amidine groups is 1. The number of halogens is 2. The van der Waals surface area contributed by atoms with Gasteiger partial charge in [-0.05, 0) is 42.3 Å². The quantitative estimate of drug-likeness (QED) is 0.351. The molecule has 2 aromatic carbocycles. The lowest BCUT2D eigenvalue weighted by atomic mass is 10.1. The zero-order valence-corrected chi connectivity index (χ0v) is 11.4. The first-order valence-corrected chi connectivity index (χ1v) is 6.27. The maximum atomic E-state index is 13.5. The molecule has 0 spiro atoms. The number of rotatable bonds is 4. The summed E-state index contributed by atoms with van der Waals surface area (Å²) in [7, 11) is 0. The number of nitrogens with two attached hydrogens (primary N) is 1. The Balaban J connectivity index is 2.21. The number of oxime groups is 1. The number of hydrogen-bond donors (Lipinski definition) is 3. The topological polar surface area (TPSA) is 70.6 Å². The van der Waals surface area contributed by atoms with Crippen molar-refractivity contribution in [2.75, 3.05) is 5.32 Å². The summed E-state index contributed by atoms with van der Waals surface area (Å²) >= 11 is 0. The van der Waals surface area contributed by atoms with E-state index in [0.29, 0.717) is 16.8 Å². The molecule has 2 rings (SSSR count). The molecule has 0 aromatic heterocycles. The molecule has 0 fully saturated rings. The van der Waals surface area contributed by atoms with E-state index in [2.05, 4.69) is 10.5 Å². The van der Waals surface area contributed by atoms with Gasteiger partial charge in [-0.3, -0.25) is 0 Å². The van der Waals surface area contributed by atoms with E-state index in [1.165, 1.54) is 24.3 Å². The molecule has 6 heteroatoms. The van der Waals surface area contributed by atoms with Crippen LogP contribution in [0.1, 0.15) is 16.7 Å². The molecule has 0 heterocycles. The second-order valence-electron chi connectivity index (χ2n) is 4.60. The maximum Gasteiger partial charge on any atom is 0.170 e. The molecule has 21 heavy (non-hydrogen) atoms. The molecule has 0 amide bonds. The van der Waals surface area contributed by atoms with Gasteiger partial charge in [-0.15, -0.1) is 0 Å². The first-order valence-electron chi connectivity index (χ1n) is 6.27. The Morgan fingerprint density at radius 1 is 1.24 bits per heavy atom. The summed E-state index contributed by atoms with van der Waals surface area (Å²) in [5.41, 5.74) is 7.59. The molecular weight excluding hydrogens is 276 g/mol. The third-order valence-corrected chi connectivity index (χ3v) is 3.11. The largest absolute Gasteiger partial charge is 0.409 e. The highest BCUT2D eigenvalue weighted by atomic mass is 19.1. The average Bonchev–Trinajstić information content (AvgIpc) is 2.48. The molecule has 0 saturated carbocycles. The lowest BCUT2D eigenvalue weighted by Gasteiger charge is -2.11. The molecule has 0 aliphatic carbocycles. The fourth-order valence-electron chi connectivity index (χ4n) is 1.90. The summed E-state index contributed by atoms with van der Waals surface area (Å²) in [5.74, 6) is -0.973. The minimum absolute atomic E-state index is 0.179. The van der Waals surface area contributed by atoms with Crippen molar-refractivity contribution in [3.8, 4) is 0 Å². The molecule has 0 aliphatic rings. The van der Waals surface area contributed by atoms with Gasteiger partial charge in [0.15, 0.2) is 5.84 Å². The van der Waals surface area contributed by atoms with Gasteiger partial charge in [0.25, 0.3) is 0 Å². The zero-order valence-electron chi connectivity index (χ0n) is 11.4. The predicted octanol–water partition coefficient (Wildman–Crippen LogP) is 2.98. The van der Waals surface area contributed by atoms with Gasteiger partial charge in [-0.25, -0.2) is 8.78 Å². The minimum atomic E-state index is -0.485. The minimum Gasteiger partial charge on any atom is -0.409 e. The zero-order chi connectivity index (χ0) is 15.4. The van der Waals surface area contributed by atoms with Crippen molar-refractivity contribution in [3.05, 3.63) is 64.7 Å². The third kappa shape index (κ3) is 3.47. The van der Waals surface area contributed by atoms with E-state index in [9.17, 15) is 8.78 Å². The Hall–Kier alpha value is -2.63. The Morgan fingerprint density at radius 3 is 2.67 bits per heavy atom. The molecule has 110 valence electrons. The number of hydrogen-bond acceptors (Lipinski definition) is 3. The van der Waals surface area contributed by atoms with E-state index in [1.54, 1.807) is 19.1 Å². The van der Waals surface area contributed by atoms with Crippen LogP contribution in [0.4, 0.5) is 14.5 Å². The molecule has 4 N–H and O–H groups in total. The van der Waals surface area contributed by atoms with E-state index in [1.807, 2.05) is 0 Å². The maximum absolute atomic E-state index is 13.5. The van der Waals surface area contributed by atoms with Crippen LogP contribution in [-0.2, 0) is 6.54 Å². The number of nitrogens with one attached hydrogen (secondary N) is 1. The summed E-state index contributed by atoms with van der Waals surface area (Å²) in [6, 6.07) is 8.77. The fraction of sp³-hybridized carbons (Fsp3) is 0.133. The standard InChI is InChI=1S/C15H15F2N3O/c1-9-2-5-12(7-14(9)17)19-8-10-3-4-11(16)6-13(10)15(18)20-21/h2-7,19,21H,8H2,1H3,(H2,18,20). The number of aryl methyl sites for hydroxylation is 1. The second-order valence-corrected chi connectivity index (χ2v) is 4.60. The van der Waals surface area contributed by atoms with Crippen LogP contribution in [0.25, 0.3) is 0 Å². The van der Waals surface area contributed by atoms with E-state index in [0.717, 1.165) is 0 Å². The smallest absolute Gasteiger partial charge is 0.170 e. The Labute approximate surface area is 120 Å². The van der Waals surface area contributed by atoms with Crippen LogP contribution in [0.2, 0.25) is 0 Å². The number of nitrogens with zero attached hydrogens (tertiary/aromatic N) is 1. The van der Waals surface area contributed by atoms with Crippen molar-refractivity contribution in [1.82, 2.24) is 0 Å². The van der Waals surface area contributed by atoms with E-state index < -0.39 is 5.82 Å². The fourth-order valence-corrected chi connectivity index (χ4v) is 1.90. The van der Waals surface area contributed by atoms with Crippen molar-refractivity contribution in [2.24, 2.45) is 10.9 Å².